The molecular formula is C37H46N4O5. The van der Waals surface area contributed by atoms with Gasteiger partial charge < -0.3 is 20.7 Å². The topological polar surface area (TPSA) is 117 Å². The van der Waals surface area contributed by atoms with Gasteiger partial charge in [0.25, 0.3) is 5.91 Å². The number of hydrogen-bond donors (Lipinski definition) is 3. The molecule has 0 aromatic heterocycles. The van der Waals surface area contributed by atoms with E-state index in [0.29, 0.717) is 32.6 Å². The Kier molecular flexibility index (Phi) is 13.5. The van der Waals surface area contributed by atoms with E-state index < -0.39 is 35.6 Å². The molecule has 0 saturated carbocycles. The summed E-state index contributed by atoms with van der Waals surface area (Å²) < 4.78 is 5.38. The van der Waals surface area contributed by atoms with Crippen LogP contribution in [-0.2, 0) is 30.3 Å². The van der Waals surface area contributed by atoms with Crippen LogP contribution in [-0.4, -0.2) is 79.9 Å². The maximum Gasteiger partial charge on any atom is 0.289 e. The van der Waals surface area contributed by atoms with E-state index in [1.165, 1.54) is 0 Å². The molecule has 0 radical (unpaired) electrons. The number of carbonyl (C=O) groups excluding carboxylic acids is 4. The highest BCUT2D eigenvalue weighted by Gasteiger charge is 2.32. The molecule has 4 rings (SSSR count). The number of benzene rings is 3. The Balaban J connectivity index is 1.47. The molecule has 2 atom stereocenters. The lowest BCUT2D eigenvalue weighted by molar-refractivity contribution is -0.140. The van der Waals surface area contributed by atoms with E-state index in [1.807, 2.05) is 105 Å². The molecule has 3 amide bonds. The lowest BCUT2D eigenvalue weighted by atomic mass is 9.90. The van der Waals surface area contributed by atoms with Gasteiger partial charge in [-0.25, -0.2) is 0 Å². The van der Waals surface area contributed by atoms with Crippen LogP contribution in [0, 0.1) is 5.92 Å². The second-order valence-corrected chi connectivity index (χ2v) is 12.1. The third-order valence-electron chi connectivity index (χ3n) is 8.05. The smallest absolute Gasteiger partial charge is 0.289 e. The molecule has 0 spiro atoms. The monoisotopic (exact) mass is 626 g/mol. The Morgan fingerprint density at radius 2 is 1.28 bits per heavy atom. The molecule has 1 saturated heterocycles. The van der Waals surface area contributed by atoms with Crippen molar-refractivity contribution < 1.29 is 23.9 Å². The molecule has 1 heterocycles. The Morgan fingerprint density at radius 3 is 1.85 bits per heavy atom. The highest BCUT2D eigenvalue weighted by Crippen LogP contribution is 2.25. The fraction of sp³-hybridized carbons (Fsp3) is 0.405. The van der Waals surface area contributed by atoms with Crippen molar-refractivity contribution >= 4 is 23.5 Å². The Hall–Kier alpha value is -4.34. The van der Waals surface area contributed by atoms with Gasteiger partial charge in [0.1, 0.15) is 12.1 Å². The van der Waals surface area contributed by atoms with E-state index in [0.717, 1.165) is 36.3 Å². The van der Waals surface area contributed by atoms with Crippen LogP contribution in [0.25, 0.3) is 0 Å². The van der Waals surface area contributed by atoms with Gasteiger partial charge in [0.2, 0.25) is 17.6 Å². The maximum absolute atomic E-state index is 13.9. The zero-order valence-corrected chi connectivity index (χ0v) is 26.8. The quantitative estimate of drug-likeness (QED) is 0.166. The molecular weight excluding hydrogens is 580 g/mol. The molecule has 1 aliphatic heterocycles. The standard InChI is InChI=1S/C37H46N4O5/c1-27(2)25-32(40-36(44)33(29-15-8-4-9-16-29)30-17-10-5-11-18-30)35(43)39-31(26-28-13-6-3-7-14-28)34(42)37(45)38-19-12-20-41-21-23-46-24-22-41/h3-11,13-18,27,31-33H,12,19-26H2,1-2H3,(H,38,45)(H,39,43)(H,40,44). The number of ketones is 1. The Labute approximate surface area is 272 Å². The zero-order chi connectivity index (χ0) is 32.7. The molecule has 3 aromatic rings. The number of ether oxygens (including phenoxy) is 1. The number of Topliss-reactive ketones (excluding diaryl/α,β-unsaturated/α-hetero) is 1. The highest BCUT2D eigenvalue weighted by atomic mass is 16.5. The van der Waals surface area contributed by atoms with Gasteiger partial charge in [0.15, 0.2) is 0 Å². The molecule has 3 N–H and O–H groups in total. The number of carbonyl (C=O) groups is 4. The first-order valence-corrected chi connectivity index (χ1v) is 16.2. The van der Waals surface area contributed by atoms with Crippen LogP contribution in [0.1, 0.15) is 49.3 Å². The minimum Gasteiger partial charge on any atom is -0.379 e. The predicted octanol–water partition coefficient (Wildman–Crippen LogP) is 3.48. The molecule has 0 bridgehead atoms. The summed E-state index contributed by atoms with van der Waals surface area (Å²) in [6, 6.07) is 26.1. The van der Waals surface area contributed by atoms with Gasteiger partial charge in [-0.3, -0.25) is 24.1 Å². The summed E-state index contributed by atoms with van der Waals surface area (Å²) in [7, 11) is 0. The second kappa shape index (κ2) is 18.0. The van der Waals surface area contributed by atoms with Crippen molar-refractivity contribution in [3.63, 3.8) is 0 Å². The van der Waals surface area contributed by atoms with Crippen LogP contribution in [0.3, 0.4) is 0 Å². The summed E-state index contributed by atoms with van der Waals surface area (Å²) in [6.07, 6.45) is 1.20. The van der Waals surface area contributed by atoms with Gasteiger partial charge in [0, 0.05) is 26.1 Å². The Bertz CT molecular complexity index is 1360. The van der Waals surface area contributed by atoms with Crippen molar-refractivity contribution in [3.05, 3.63) is 108 Å². The van der Waals surface area contributed by atoms with Gasteiger partial charge in [-0.2, -0.15) is 0 Å². The lowest BCUT2D eigenvalue weighted by Crippen LogP contribution is -2.55. The minimum atomic E-state index is -1.10. The predicted molar refractivity (Wildman–Crippen MR) is 178 cm³/mol. The van der Waals surface area contributed by atoms with Crippen LogP contribution in [0.2, 0.25) is 0 Å². The van der Waals surface area contributed by atoms with E-state index in [4.69, 9.17) is 4.74 Å². The molecule has 1 aliphatic rings. The first-order valence-electron chi connectivity index (χ1n) is 16.2. The van der Waals surface area contributed by atoms with Crippen molar-refractivity contribution in [1.82, 2.24) is 20.9 Å². The van der Waals surface area contributed by atoms with E-state index in [2.05, 4.69) is 20.9 Å². The van der Waals surface area contributed by atoms with Crippen LogP contribution in [0.4, 0.5) is 0 Å². The molecule has 244 valence electrons. The first kappa shape index (κ1) is 34.5. The van der Waals surface area contributed by atoms with Crippen molar-refractivity contribution in [3.8, 4) is 0 Å². The van der Waals surface area contributed by atoms with E-state index in [1.54, 1.807) is 0 Å². The Morgan fingerprint density at radius 1 is 0.739 bits per heavy atom. The maximum atomic E-state index is 13.9. The van der Waals surface area contributed by atoms with Crippen molar-refractivity contribution in [2.45, 2.75) is 51.1 Å². The van der Waals surface area contributed by atoms with Gasteiger partial charge >= 0.3 is 0 Å². The van der Waals surface area contributed by atoms with E-state index in [-0.39, 0.29) is 18.2 Å². The SMILES string of the molecule is CC(C)CC(NC(=O)C(c1ccccc1)c1ccccc1)C(=O)NC(Cc1ccccc1)C(=O)C(=O)NCCCN1CCOCC1. The molecule has 0 aliphatic carbocycles. The largest absolute Gasteiger partial charge is 0.379 e. The van der Waals surface area contributed by atoms with Crippen LogP contribution in [0.15, 0.2) is 91.0 Å². The van der Waals surface area contributed by atoms with Crippen LogP contribution < -0.4 is 16.0 Å². The van der Waals surface area contributed by atoms with Gasteiger partial charge in [-0.1, -0.05) is 105 Å². The second-order valence-electron chi connectivity index (χ2n) is 12.1. The summed E-state index contributed by atoms with van der Waals surface area (Å²) in [6.45, 7) is 8.18. The summed E-state index contributed by atoms with van der Waals surface area (Å²) in [4.78, 5) is 56.5. The van der Waals surface area contributed by atoms with Crippen LogP contribution >= 0.6 is 0 Å². The van der Waals surface area contributed by atoms with Gasteiger partial charge in [-0.05, 0) is 42.0 Å². The van der Waals surface area contributed by atoms with Crippen molar-refractivity contribution in [2.24, 2.45) is 5.92 Å². The molecule has 1 fully saturated rings. The number of morpholine rings is 1. The third-order valence-corrected chi connectivity index (χ3v) is 8.05. The summed E-state index contributed by atoms with van der Waals surface area (Å²) in [5.41, 5.74) is 2.41. The third kappa shape index (κ3) is 10.6. The summed E-state index contributed by atoms with van der Waals surface area (Å²) in [5.74, 6) is -2.83. The average molecular weight is 627 g/mol. The summed E-state index contributed by atoms with van der Waals surface area (Å²) >= 11 is 0. The average Bonchev–Trinajstić information content (AvgIpc) is 3.07. The van der Waals surface area contributed by atoms with Crippen molar-refractivity contribution in [1.29, 1.82) is 0 Å². The first-order chi connectivity index (χ1) is 22.3. The minimum absolute atomic E-state index is 0.0704. The molecule has 9 heteroatoms. The van der Waals surface area contributed by atoms with Crippen LogP contribution in [0.5, 0.6) is 0 Å². The van der Waals surface area contributed by atoms with Crippen molar-refractivity contribution in [2.75, 3.05) is 39.4 Å². The lowest BCUT2D eigenvalue weighted by Gasteiger charge is -2.27. The van der Waals surface area contributed by atoms with Gasteiger partial charge in [0.05, 0.1) is 19.1 Å². The number of nitrogens with one attached hydrogen (secondary N) is 3. The molecule has 46 heavy (non-hydrogen) atoms. The fourth-order valence-corrected chi connectivity index (χ4v) is 5.65. The molecule has 2 unspecified atom stereocenters. The number of amides is 3. The fourth-order valence-electron chi connectivity index (χ4n) is 5.65. The molecule has 3 aromatic carbocycles. The normalized spacial score (nSPS) is 14.8. The number of hydrogen-bond acceptors (Lipinski definition) is 6. The zero-order valence-electron chi connectivity index (χ0n) is 26.8. The summed E-state index contributed by atoms with van der Waals surface area (Å²) in [5, 5.41) is 8.55. The van der Waals surface area contributed by atoms with E-state index in [9.17, 15) is 19.2 Å². The molecule has 9 nitrogen and oxygen atoms in total. The van der Waals surface area contributed by atoms with Gasteiger partial charge in [-0.15, -0.1) is 0 Å². The number of rotatable bonds is 16. The highest BCUT2D eigenvalue weighted by molar-refractivity contribution is 6.38. The van der Waals surface area contributed by atoms with E-state index >= 15 is 0 Å². The number of nitrogens with zero attached hydrogens (tertiary/aromatic N) is 1.